The molecule has 134 valence electrons. The van der Waals surface area contributed by atoms with Gasteiger partial charge < -0.3 is 9.47 Å². The van der Waals surface area contributed by atoms with Gasteiger partial charge >= 0.3 is 6.18 Å². The molecule has 1 fully saturated rings. The number of benzene rings is 1. The number of halogens is 3. The molecule has 1 aliphatic heterocycles. The summed E-state index contributed by atoms with van der Waals surface area (Å²) in [6.45, 7) is 1.41. The molecule has 3 rings (SSSR count). The molecule has 1 saturated heterocycles. The molecule has 25 heavy (non-hydrogen) atoms. The molecule has 2 aromatic rings. The van der Waals surface area contributed by atoms with E-state index in [9.17, 15) is 18.0 Å². The van der Waals surface area contributed by atoms with Crippen LogP contribution in [-0.2, 0) is 12.7 Å². The monoisotopic (exact) mass is 351 g/mol. The van der Waals surface area contributed by atoms with Crippen molar-refractivity contribution in [2.24, 2.45) is 0 Å². The Bertz CT molecular complexity index is 695. The third kappa shape index (κ3) is 4.21. The normalized spacial score (nSPS) is 18.4. The Morgan fingerprint density at radius 3 is 2.60 bits per heavy atom. The van der Waals surface area contributed by atoms with Gasteiger partial charge in [-0.05, 0) is 49.9 Å². The van der Waals surface area contributed by atoms with Gasteiger partial charge in [0, 0.05) is 37.1 Å². The van der Waals surface area contributed by atoms with Gasteiger partial charge in [-0.3, -0.25) is 4.79 Å². The lowest BCUT2D eigenvalue weighted by Crippen LogP contribution is -2.44. The SMILES string of the molecule is O=C(c1ccc(C(F)(F)F)cc1)N1CCCCC1CCn1ccnc1. The van der Waals surface area contributed by atoms with Crippen molar-refractivity contribution < 1.29 is 18.0 Å². The van der Waals surface area contributed by atoms with Gasteiger partial charge in [-0.2, -0.15) is 13.2 Å². The molecule has 2 heterocycles. The van der Waals surface area contributed by atoms with Crippen LogP contribution in [0.5, 0.6) is 0 Å². The number of aromatic nitrogens is 2. The highest BCUT2D eigenvalue weighted by atomic mass is 19.4. The first-order valence-electron chi connectivity index (χ1n) is 8.39. The van der Waals surface area contributed by atoms with Gasteiger partial charge in [0.1, 0.15) is 0 Å². The van der Waals surface area contributed by atoms with Crippen molar-refractivity contribution in [2.45, 2.75) is 44.4 Å². The molecule has 1 aliphatic rings. The van der Waals surface area contributed by atoms with E-state index < -0.39 is 11.7 Å². The summed E-state index contributed by atoms with van der Waals surface area (Å²) in [5, 5.41) is 0. The van der Waals surface area contributed by atoms with Crippen LogP contribution in [0.4, 0.5) is 13.2 Å². The number of hydrogen-bond donors (Lipinski definition) is 0. The van der Waals surface area contributed by atoms with Crippen LogP contribution in [0.2, 0.25) is 0 Å². The van der Waals surface area contributed by atoms with Crippen LogP contribution in [-0.4, -0.2) is 32.9 Å². The highest BCUT2D eigenvalue weighted by molar-refractivity contribution is 5.94. The first kappa shape index (κ1) is 17.5. The van der Waals surface area contributed by atoms with Crippen molar-refractivity contribution in [1.82, 2.24) is 14.5 Å². The van der Waals surface area contributed by atoms with E-state index in [1.165, 1.54) is 12.1 Å². The summed E-state index contributed by atoms with van der Waals surface area (Å²) in [5.74, 6) is -0.191. The van der Waals surface area contributed by atoms with Gasteiger partial charge in [-0.25, -0.2) is 4.98 Å². The number of alkyl halides is 3. The molecule has 1 amide bonds. The molecule has 1 atom stereocenters. The van der Waals surface area contributed by atoms with E-state index in [1.807, 2.05) is 15.7 Å². The Morgan fingerprint density at radius 2 is 1.96 bits per heavy atom. The summed E-state index contributed by atoms with van der Waals surface area (Å²) < 4.78 is 40.0. The van der Waals surface area contributed by atoms with E-state index in [4.69, 9.17) is 0 Å². The first-order chi connectivity index (χ1) is 11.9. The number of rotatable bonds is 4. The van der Waals surface area contributed by atoms with Gasteiger partial charge in [0.15, 0.2) is 0 Å². The number of amides is 1. The van der Waals surface area contributed by atoms with Crippen LogP contribution < -0.4 is 0 Å². The highest BCUT2D eigenvalue weighted by Crippen LogP contribution is 2.30. The zero-order valence-corrected chi connectivity index (χ0v) is 13.7. The second-order valence-electron chi connectivity index (χ2n) is 6.31. The topological polar surface area (TPSA) is 38.1 Å². The van der Waals surface area contributed by atoms with Crippen molar-refractivity contribution in [3.05, 3.63) is 54.1 Å². The lowest BCUT2D eigenvalue weighted by Gasteiger charge is -2.36. The maximum atomic E-state index is 12.8. The molecule has 0 aliphatic carbocycles. The van der Waals surface area contributed by atoms with Crippen molar-refractivity contribution in [3.63, 3.8) is 0 Å². The quantitative estimate of drug-likeness (QED) is 0.835. The lowest BCUT2D eigenvalue weighted by atomic mass is 9.98. The van der Waals surface area contributed by atoms with Gasteiger partial charge in [0.2, 0.25) is 0 Å². The molecular weight excluding hydrogens is 331 g/mol. The van der Waals surface area contributed by atoms with Crippen LogP contribution in [0.1, 0.15) is 41.6 Å². The number of carbonyl (C=O) groups excluding carboxylic acids is 1. The van der Waals surface area contributed by atoms with Crippen molar-refractivity contribution in [3.8, 4) is 0 Å². The number of nitrogens with zero attached hydrogens (tertiary/aromatic N) is 3. The van der Waals surface area contributed by atoms with Crippen LogP contribution in [0, 0.1) is 0 Å². The Balaban J connectivity index is 1.69. The molecular formula is C18H20F3N3O. The number of likely N-dealkylation sites (tertiary alicyclic amines) is 1. The summed E-state index contributed by atoms with van der Waals surface area (Å²) in [5.41, 5.74) is -0.429. The fourth-order valence-electron chi connectivity index (χ4n) is 3.25. The molecule has 0 N–H and O–H groups in total. The van der Waals surface area contributed by atoms with Gasteiger partial charge in [0.05, 0.1) is 11.9 Å². The maximum Gasteiger partial charge on any atom is 0.416 e. The second kappa shape index (κ2) is 7.29. The van der Waals surface area contributed by atoms with E-state index in [1.54, 1.807) is 12.5 Å². The highest BCUT2D eigenvalue weighted by Gasteiger charge is 2.31. The summed E-state index contributed by atoms with van der Waals surface area (Å²) in [7, 11) is 0. The number of aryl methyl sites for hydroxylation is 1. The lowest BCUT2D eigenvalue weighted by molar-refractivity contribution is -0.137. The second-order valence-corrected chi connectivity index (χ2v) is 6.31. The van der Waals surface area contributed by atoms with Gasteiger partial charge in [-0.1, -0.05) is 0 Å². The third-order valence-corrected chi connectivity index (χ3v) is 4.63. The summed E-state index contributed by atoms with van der Waals surface area (Å²) in [6.07, 6.45) is 4.66. The smallest absolute Gasteiger partial charge is 0.337 e. The Morgan fingerprint density at radius 1 is 1.20 bits per heavy atom. The standard InChI is InChI=1S/C18H20F3N3O/c19-18(20,21)15-6-4-14(5-7-15)17(25)24-10-2-1-3-16(24)8-11-23-12-9-22-13-23/h4-7,9,12-13,16H,1-3,8,10-11H2. The molecule has 0 radical (unpaired) electrons. The van der Waals surface area contributed by atoms with Crippen LogP contribution in [0.25, 0.3) is 0 Å². The molecule has 1 aromatic heterocycles. The largest absolute Gasteiger partial charge is 0.416 e. The summed E-state index contributed by atoms with van der Waals surface area (Å²) in [4.78, 5) is 18.6. The minimum Gasteiger partial charge on any atom is -0.337 e. The predicted octanol–water partition coefficient (Wildman–Crippen LogP) is 3.99. The first-order valence-corrected chi connectivity index (χ1v) is 8.39. The fraction of sp³-hybridized carbons (Fsp3) is 0.444. The zero-order chi connectivity index (χ0) is 17.9. The Hall–Kier alpha value is -2.31. The van der Waals surface area contributed by atoms with Gasteiger partial charge in [0.25, 0.3) is 5.91 Å². The third-order valence-electron chi connectivity index (χ3n) is 4.63. The average molecular weight is 351 g/mol. The number of hydrogen-bond acceptors (Lipinski definition) is 2. The number of carbonyl (C=O) groups is 1. The van der Waals surface area contributed by atoms with Gasteiger partial charge in [-0.15, -0.1) is 0 Å². The molecule has 1 aromatic carbocycles. The zero-order valence-electron chi connectivity index (χ0n) is 13.7. The Labute approximate surface area is 144 Å². The van der Waals surface area contributed by atoms with E-state index in [0.717, 1.165) is 44.4 Å². The molecule has 0 spiro atoms. The summed E-state index contributed by atoms with van der Waals surface area (Å²) in [6, 6.07) is 4.58. The van der Waals surface area contributed by atoms with Crippen LogP contribution in [0.15, 0.2) is 43.0 Å². The fourth-order valence-corrected chi connectivity index (χ4v) is 3.25. The molecule has 0 bridgehead atoms. The predicted molar refractivity (Wildman–Crippen MR) is 87.0 cm³/mol. The summed E-state index contributed by atoms with van der Waals surface area (Å²) >= 11 is 0. The van der Waals surface area contributed by atoms with E-state index in [0.29, 0.717) is 12.1 Å². The Kier molecular flexibility index (Phi) is 5.11. The minimum atomic E-state index is -4.39. The molecule has 7 heteroatoms. The van der Waals surface area contributed by atoms with Crippen molar-refractivity contribution in [1.29, 1.82) is 0 Å². The van der Waals surface area contributed by atoms with E-state index >= 15 is 0 Å². The number of piperidine rings is 1. The number of imidazole rings is 1. The van der Waals surface area contributed by atoms with E-state index in [2.05, 4.69) is 4.98 Å². The molecule has 1 unspecified atom stereocenters. The van der Waals surface area contributed by atoms with Crippen molar-refractivity contribution >= 4 is 5.91 Å². The maximum absolute atomic E-state index is 12.8. The molecule has 4 nitrogen and oxygen atoms in total. The molecule has 0 saturated carbocycles. The van der Waals surface area contributed by atoms with Crippen LogP contribution >= 0.6 is 0 Å². The average Bonchev–Trinajstić information content (AvgIpc) is 3.12. The van der Waals surface area contributed by atoms with E-state index in [-0.39, 0.29) is 11.9 Å². The minimum absolute atomic E-state index is 0.103. The van der Waals surface area contributed by atoms with Crippen molar-refractivity contribution in [2.75, 3.05) is 6.54 Å². The van der Waals surface area contributed by atoms with Crippen LogP contribution in [0.3, 0.4) is 0 Å².